The average Bonchev–Trinajstić information content (AvgIpc) is 2.58. The van der Waals surface area contributed by atoms with Gasteiger partial charge in [-0.1, -0.05) is 12.1 Å². The lowest BCUT2D eigenvalue weighted by atomic mass is 10.2. The van der Waals surface area contributed by atoms with Crippen LogP contribution in [0.1, 0.15) is 10.4 Å². The van der Waals surface area contributed by atoms with E-state index in [1.165, 1.54) is 13.2 Å². The van der Waals surface area contributed by atoms with E-state index in [2.05, 4.69) is 0 Å². The first-order chi connectivity index (χ1) is 11.2. The molecule has 0 unspecified atom stereocenters. The molecule has 0 radical (unpaired) electrons. The first-order valence-electron chi connectivity index (χ1n) is 6.95. The number of hydrogen-bond donors (Lipinski definition) is 1. The molecule has 0 heterocycles. The zero-order chi connectivity index (χ0) is 16.7. The number of para-hydroxylation sites is 1. The summed E-state index contributed by atoms with van der Waals surface area (Å²) in [5, 5.41) is 9.20. The number of rotatable bonds is 8. The third-order valence-corrected chi connectivity index (χ3v) is 3.07. The van der Waals surface area contributed by atoms with Gasteiger partial charge in [-0.05, 0) is 24.3 Å². The maximum atomic E-state index is 11.2. The number of benzene rings is 2. The smallest absolute Gasteiger partial charge is 0.339 e. The predicted octanol–water partition coefficient (Wildman–Crippen LogP) is 2.86. The molecule has 0 atom stereocenters. The lowest BCUT2D eigenvalue weighted by molar-refractivity contribution is 0.0690. The van der Waals surface area contributed by atoms with E-state index in [9.17, 15) is 9.90 Å². The Hall–Kier alpha value is -2.89. The van der Waals surface area contributed by atoms with Gasteiger partial charge >= 0.3 is 5.97 Å². The van der Waals surface area contributed by atoms with E-state index in [-0.39, 0.29) is 24.5 Å². The summed E-state index contributed by atoms with van der Waals surface area (Å²) in [6.45, 7) is 0.433. The molecule has 1 N–H and O–H groups in total. The minimum Gasteiger partial charge on any atom is -0.497 e. The molecule has 0 saturated carbocycles. The summed E-state index contributed by atoms with van der Waals surface area (Å²) in [4.78, 5) is 11.2. The van der Waals surface area contributed by atoms with Gasteiger partial charge in [-0.25, -0.2) is 4.79 Å². The van der Waals surface area contributed by atoms with Crippen LogP contribution in [0.25, 0.3) is 0 Å². The van der Waals surface area contributed by atoms with Gasteiger partial charge in [0.1, 0.15) is 30.3 Å². The summed E-state index contributed by atoms with van der Waals surface area (Å²) in [7, 11) is 3.04. The van der Waals surface area contributed by atoms with Crippen molar-refractivity contribution in [3.63, 3.8) is 0 Å². The minimum absolute atomic E-state index is 0.0470. The molecule has 0 spiro atoms. The van der Waals surface area contributed by atoms with E-state index in [0.29, 0.717) is 17.2 Å². The minimum atomic E-state index is -1.08. The van der Waals surface area contributed by atoms with Crippen molar-refractivity contribution in [1.29, 1.82) is 0 Å². The summed E-state index contributed by atoms with van der Waals surface area (Å²) < 4.78 is 21.3. The van der Waals surface area contributed by atoms with E-state index < -0.39 is 5.97 Å². The highest BCUT2D eigenvalue weighted by Gasteiger charge is 2.16. The van der Waals surface area contributed by atoms with Crippen LogP contribution >= 0.6 is 0 Å². The van der Waals surface area contributed by atoms with E-state index in [0.717, 1.165) is 0 Å². The Labute approximate surface area is 134 Å². The number of carboxylic acid groups (broad SMARTS) is 1. The molecule has 6 nitrogen and oxygen atoms in total. The Morgan fingerprint density at radius 3 is 2.35 bits per heavy atom. The SMILES string of the molecule is COc1cccc(OCCOc2c(OC)cccc2C(=O)O)c1. The van der Waals surface area contributed by atoms with Crippen LogP contribution in [0.15, 0.2) is 42.5 Å². The fourth-order valence-electron chi connectivity index (χ4n) is 1.99. The van der Waals surface area contributed by atoms with Gasteiger partial charge in [0, 0.05) is 6.07 Å². The number of aromatic carboxylic acids is 1. The van der Waals surface area contributed by atoms with Crippen LogP contribution in [0.4, 0.5) is 0 Å². The van der Waals surface area contributed by atoms with Crippen LogP contribution in [0.2, 0.25) is 0 Å². The van der Waals surface area contributed by atoms with Crippen molar-refractivity contribution in [2.75, 3.05) is 27.4 Å². The monoisotopic (exact) mass is 318 g/mol. The fraction of sp³-hybridized carbons (Fsp3) is 0.235. The number of methoxy groups -OCH3 is 2. The Morgan fingerprint density at radius 2 is 1.65 bits per heavy atom. The number of hydrogen-bond acceptors (Lipinski definition) is 5. The average molecular weight is 318 g/mol. The molecule has 23 heavy (non-hydrogen) atoms. The van der Waals surface area contributed by atoms with Gasteiger partial charge in [0.25, 0.3) is 0 Å². The van der Waals surface area contributed by atoms with Crippen LogP contribution in [0.5, 0.6) is 23.0 Å². The maximum absolute atomic E-state index is 11.2. The Balaban J connectivity index is 1.97. The van der Waals surface area contributed by atoms with Crippen molar-refractivity contribution in [1.82, 2.24) is 0 Å². The van der Waals surface area contributed by atoms with Gasteiger partial charge < -0.3 is 24.1 Å². The molecule has 2 rings (SSSR count). The first kappa shape index (κ1) is 16.5. The van der Waals surface area contributed by atoms with E-state index in [4.69, 9.17) is 18.9 Å². The molecule has 0 bridgehead atoms. The van der Waals surface area contributed by atoms with Gasteiger partial charge in [-0.2, -0.15) is 0 Å². The summed E-state index contributed by atoms with van der Waals surface area (Å²) in [5.41, 5.74) is 0.0470. The second-order valence-corrected chi connectivity index (χ2v) is 4.52. The highest BCUT2D eigenvalue weighted by Crippen LogP contribution is 2.31. The third kappa shape index (κ3) is 4.29. The predicted molar refractivity (Wildman–Crippen MR) is 83.9 cm³/mol. The molecule has 0 aromatic heterocycles. The molecule has 0 aliphatic carbocycles. The van der Waals surface area contributed by atoms with Crippen molar-refractivity contribution < 1.29 is 28.8 Å². The van der Waals surface area contributed by atoms with Gasteiger partial charge in [0.05, 0.1) is 14.2 Å². The zero-order valence-corrected chi connectivity index (χ0v) is 12.9. The summed E-state index contributed by atoms with van der Waals surface area (Å²) >= 11 is 0. The molecule has 0 saturated heterocycles. The summed E-state index contributed by atoms with van der Waals surface area (Å²) in [6, 6.07) is 11.9. The van der Waals surface area contributed by atoms with Crippen LogP contribution in [0.3, 0.4) is 0 Å². The van der Waals surface area contributed by atoms with Gasteiger partial charge in [0.15, 0.2) is 11.5 Å². The van der Waals surface area contributed by atoms with Crippen molar-refractivity contribution in [3.05, 3.63) is 48.0 Å². The van der Waals surface area contributed by atoms with Crippen molar-refractivity contribution in [3.8, 4) is 23.0 Å². The summed E-state index contributed by atoms with van der Waals surface area (Å²) in [6.07, 6.45) is 0. The van der Waals surface area contributed by atoms with Gasteiger partial charge in [0.2, 0.25) is 0 Å². The van der Waals surface area contributed by atoms with Crippen LogP contribution in [0, 0.1) is 0 Å². The van der Waals surface area contributed by atoms with E-state index in [1.54, 1.807) is 31.4 Å². The first-order valence-corrected chi connectivity index (χ1v) is 6.95. The standard InChI is InChI=1S/C17H18O6/c1-20-12-5-3-6-13(11-12)22-9-10-23-16-14(17(18)19)7-4-8-15(16)21-2/h3-8,11H,9-10H2,1-2H3,(H,18,19). The quantitative estimate of drug-likeness (QED) is 0.754. The van der Waals surface area contributed by atoms with Crippen LogP contribution < -0.4 is 18.9 Å². The second-order valence-electron chi connectivity index (χ2n) is 4.52. The van der Waals surface area contributed by atoms with Crippen LogP contribution in [-0.4, -0.2) is 38.5 Å². The molecular weight excluding hydrogens is 300 g/mol. The molecule has 0 aliphatic heterocycles. The maximum Gasteiger partial charge on any atom is 0.339 e. The normalized spacial score (nSPS) is 10.0. The van der Waals surface area contributed by atoms with Crippen LogP contribution in [-0.2, 0) is 0 Å². The van der Waals surface area contributed by atoms with Gasteiger partial charge in [-0.3, -0.25) is 0 Å². The highest BCUT2D eigenvalue weighted by atomic mass is 16.5. The van der Waals surface area contributed by atoms with Crippen molar-refractivity contribution >= 4 is 5.97 Å². The van der Waals surface area contributed by atoms with Crippen molar-refractivity contribution in [2.24, 2.45) is 0 Å². The molecule has 0 aliphatic rings. The molecule has 6 heteroatoms. The number of carboxylic acids is 1. The molecule has 2 aromatic rings. The lowest BCUT2D eigenvalue weighted by Crippen LogP contribution is -2.12. The zero-order valence-electron chi connectivity index (χ0n) is 12.9. The summed E-state index contributed by atoms with van der Waals surface area (Å²) in [5.74, 6) is 0.823. The van der Waals surface area contributed by atoms with E-state index >= 15 is 0 Å². The molecule has 2 aromatic carbocycles. The largest absolute Gasteiger partial charge is 0.497 e. The van der Waals surface area contributed by atoms with Crippen molar-refractivity contribution in [2.45, 2.75) is 0 Å². The Bertz CT molecular complexity index is 668. The second kappa shape index (κ2) is 7.93. The lowest BCUT2D eigenvalue weighted by Gasteiger charge is -2.13. The number of ether oxygens (including phenoxy) is 4. The van der Waals surface area contributed by atoms with Gasteiger partial charge in [-0.15, -0.1) is 0 Å². The number of carbonyl (C=O) groups is 1. The Morgan fingerprint density at radius 1 is 0.957 bits per heavy atom. The molecular formula is C17H18O6. The van der Waals surface area contributed by atoms with E-state index in [1.807, 2.05) is 12.1 Å². The fourth-order valence-corrected chi connectivity index (χ4v) is 1.99. The molecule has 0 amide bonds. The molecule has 0 fully saturated rings. The highest BCUT2D eigenvalue weighted by molar-refractivity contribution is 5.92. The topological polar surface area (TPSA) is 74.2 Å². The molecule has 122 valence electrons. The Kier molecular flexibility index (Phi) is 5.68. The third-order valence-electron chi connectivity index (χ3n) is 3.07.